The number of carbonyl (C=O) groups excluding carboxylic acids is 1. The van der Waals surface area contributed by atoms with Crippen LogP contribution >= 0.6 is 0 Å². The van der Waals surface area contributed by atoms with Gasteiger partial charge in [0.15, 0.2) is 0 Å². The van der Waals surface area contributed by atoms with Gasteiger partial charge in [0.05, 0.1) is 11.3 Å². The number of aromatic nitrogens is 3. The lowest BCUT2D eigenvalue weighted by Crippen LogP contribution is -2.38. The molecule has 3 heterocycles. The highest BCUT2D eigenvalue weighted by Gasteiger charge is 2.57. The number of ether oxygens (including phenoxy) is 1. The summed E-state index contributed by atoms with van der Waals surface area (Å²) in [5.41, 5.74) is 3.97. The number of nitrogens with one attached hydrogen (secondary N) is 2. The molecule has 3 fully saturated rings. The molecule has 2 aromatic heterocycles. The van der Waals surface area contributed by atoms with Crippen LogP contribution in [-0.4, -0.2) is 39.9 Å². The van der Waals surface area contributed by atoms with E-state index in [0.29, 0.717) is 35.5 Å². The van der Waals surface area contributed by atoms with E-state index in [1.54, 1.807) is 12.4 Å². The van der Waals surface area contributed by atoms with Gasteiger partial charge in [-0.1, -0.05) is 43.2 Å². The fourth-order valence-corrected chi connectivity index (χ4v) is 7.04. The van der Waals surface area contributed by atoms with Crippen molar-refractivity contribution in [2.24, 2.45) is 11.3 Å². The number of Topliss-reactive ketones (excluding diaryl/α,β-unsaturated/α-hetero) is 1. The predicted octanol–water partition coefficient (Wildman–Crippen LogP) is 6.65. The van der Waals surface area contributed by atoms with Gasteiger partial charge < -0.3 is 15.4 Å². The van der Waals surface area contributed by atoms with E-state index >= 15 is 0 Å². The molecule has 2 atom stereocenters. The van der Waals surface area contributed by atoms with E-state index in [9.17, 15) is 4.79 Å². The number of aryl methyl sites for hydroxylation is 1. The van der Waals surface area contributed by atoms with Gasteiger partial charge in [-0.25, -0.2) is 15.0 Å². The molecule has 7 rings (SSSR count). The van der Waals surface area contributed by atoms with Crippen LogP contribution in [0.15, 0.2) is 60.9 Å². The third-order valence-corrected chi connectivity index (χ3v) is 9.37. The molecule has 0 bridgehead atoms. The number of benzene rings is 2. The summed E-state index contributed by atoms with van der Waals surface area (Å²) in [6.45, 7) is 4.01. The van der Waals surface area contributed by atoms with Crippen molar-refractivity contribution in [1.82, 2.24) is 20.3 Å². The summed E-state index contributed by atoms with van der Waals surface area (Å²) in [5.74, 6) is 2.51. The van der Waals surface area contributed by atoms with Crippen molar-refractivity contribution in [3.05, 3.63) is 72.1 Å². The van der Waals surface area contributed by atoms with Gasteiger partial charge in [0.1, 0.15) is 11.5 Å². The summed E-state index contributed by atoms with van der Waals surface area (Å²) >= 11 is 0. The average molecular weight is 548 g/mol. The number of hydrogen-bond donors (Lipinski definition) is 2. The van der Waals surface area contributed by atoms with Crippen LogP contribution in [0.3, 0.4) is 0 Å². The first-order valence-electron chi connectivity index (χ1n) is 15.1. The lowest BCUT2D eigenvalue weighted by Gasteiger charge is -2.23. The molecule has 1 aliphatic heterocycles. The third kappa shape index (κ3) is 5.19. The molecular formula is C34H37N5O2. The molecule has 2 aromatic carbocycles. The molecule has 210 valence electrons. The number of pyridine rings is 1. The fourth-order valence-electron chi connectivity index (χ4n) is 7.04. The van der Waals surface area contributed by atoms with E-state index in [1.807, 2.05) is 31.2 Å². The summed E-state index contributed by atoms with van der Waals surface area (Å²) in [7, 11) is 0. The van der Waals surface area contributed by atoms with Crippen molar-refractivity contribution in [2.45, 2.75) is 64.3 Å². The largest absolute Gasteiger partial charge is 0.437 e. The Labute approximate surface area is 241 Å². The Kier molecular flexibility index (Phi) is 6.91. The molecule has 7 nitrogen and oxygen atoms in total. The van der Waals surface area contributed by atoms with E-state index in [4.69, 9.17) is 9.72 Å². The van der Waals surface area contributed by atoms with Gasteiger partial charge in [-0.05, 0) is 85.7 Å². The number of nitrogens with zero attached hydrogens (tertiary/aromatic N) is 3. The summed E-state index contributed by atoms with van der Waals surface area (Å²) in [6.07, 6.45) is 12.3. The Hall–Kier alpha value is -3.84. The Morgan fingerprint density at radius 2 is 1.93 bits per heavy atom. The highest BCUT2D eigenvalue weighted by molar-refractivity contribution is 5.96. The number of carbonyl (C=O) groups is 1. The minimum Gasteiger partial charge on any atom is -0.437 e. The van der Waals surface area contributed by atoms with Crippen molar-refractivity contribution in [3.63, 3.8) is 0 Å². The second-order valence-corrected chi connectivity index (χ2v) is 12.1. The van der Waals surface area contributed by atoms with Gasteiger partial charge >= 0.3 is 0 Å². The van der Waals surface area contributed by atoms with E-state index in [1.165, 1.54) is 25.7 Å². The Bertz CT molecular complexity index is 1590. The van der Waals surface area contributed by atoms with E-state index in [-0.39, 0.29) is 5.92 Å². The van der Waals surface area contributed by atoms with Crippen LogP contribution in [-0.2, 0) is 11.2 Å². The lowest BCUT2D eigenvalue weighted by atomic mass is 9.94. The normalized spacial score (nSPS) is 21.2. The lowest BCUT2D eigenvalue weighted by molar-refractivity contribution is -0.120. The summed E-state index contributed by atoms with van der Waals surface area (Å²) < 4.78 is 6.61. The van der Waals surface area contributed by atoms with E-state index < -0.39 is 0 Å². The van der Waals surface area contributed by atoms with Crippen molar-refractivity contribution >= 4 is 22.5 Å². The number of anilines is 1. The van der Waals surface area contributed by atoms with E-state index in [2.05, 4.69) is 44.9 Å². The van der Waals surface area contributed by atoms with Gasteiger partial charge in [0, 0.05) is 42.7 Å². The van der Waals surface area contributed by atoms with Crippen molar-refractivity contribution < 1.29 is 9.53 Å². The van der Waals surface area contributed by atoms with Crippen LogP contribution < -0.4 is 15.4 Å². The second-order valence-electron chi connectivity index (χ2n) is 12.1. The topological polar surface area (TPSA) is 89.0 Å². The maximum absolute atomic E-state index is 13.3. The van der Waals surface area contributed by atoms with Crippen LogP contribution in [0.25, 0.3) is 22.0 Å². The first kappa shape index (κ1) is 26.1. The standard InChI is InChI=1S/C34H37N5O2/c1-22-11-12-25-23(19-30(40)28-20-34(28)14-2-3-15-34)7-4-9-26(25)31(22)41-32-27(10-6-17-36-32)29-13-18-37-33(39-29)38-24-8-5-16-35-21-24/h4,6-7,9-13,17-18,24,28,35H,2-3,5,8,14-16,19-21H2,1H3,(H,37,38,39)/t24-,28+/m0/s1. The Morgan fingerprint density at radius 1 is 1.02 bits per heavy atom. The predicted molar refractivity (Wildman–Crippen MR) is 161 cm³/mol. The first-order valence-corrected chi connectivity index (χ1v) is 15.1. The summed E-state index contributed by atoms with van der Waals surface area (Å²) in [5, 5.41) is 8.95. The molecule has 2 N–H and O–H groups in total. The highest BCUT2D eigenvalue weighted by Crippen LogP contribution is 2.63. The zero-order valence-electron chi connectivity index (χ0n) is 23.7. The van der Waals surface area contributed by atoms with Crippen LogP contribution in [0.1, 0.15) is 56.1 Å². The summed E-state index contributed by atoms with van der Waals surface area (Å²) in [4.78, 5) is 27.2. The molecule has 0 amide bonds. The zero-order chi connectivity index (χ0) is 27.8. The van der Waals surface area contributed by atoms with Gasteiger partial charge in [0.25, 0.3) is 0 Å². The molecule has 0 unspecified atom stereocenters. The number of fused-ring (bicyclic) bond motifs is 1. The molecule has 41 heavy (non-hydrogen) atoms. The maximum atomic E-state index is 13.3. The zero-order valence-corrected chi connectivity index (χ0v) is 23.7. The molecule has 2 saturated carbocycles. The number of ketones is 1. The number of rotatable bonds is 8. The van der Waals surface area contributed by atoms with Crippen LogP contribution in [0.2, 0.25) is 0 Å². The second kappa shape index (κ2) is 10.9. The van der Waals surface area contributed by atoms with Crippen LogP contribution in [0.5, 0.6) is 11.6 Å². The molecule has 0 radical (unpaired) electrons. The molecule has 2 aliphatic carbocycles. The average Bonchev–Trinajstić information content (AvgIpc) is 3.51. The quantitative estimate of drug-likeness (QED) is 0.255. The Morgan fingerprint density at radius 3 is 2.78 bits per heavy atom. The SMILES string of the molecule is Cc1ccc2c(CC(=O)[C@H]3CC34CCCC4)cccc2c1Oc1ncccc1-c1ccnc(N[C@H]2CCCNC2)n1. The van der Waals surface area contributed by atoms with Gasteiger partial charge in [-0.15, -0.1) is 0 Å². The summed E-state index contributed by atoms with van der Waals surface area (Å²) in [6, 6.07) is 16.5. The number of hydrogen-bond acceptors (Lipinski definition) is 7. The van der Waals surface area contributed by atoms with Gasteiger partial charge in [-0.2, -0.15) is 0 Å². The molecule has 4 aromatic rings. The monoisotopic (exact) mass is 547 g/mol. The highest BCUT2D eigenvalue weighted by atomic mass is 16.5. The molecular weight excluding hydrogens is 510 g/mol. The maximum Gasteiger partial charge on any atom is 0.228 e. The molecule has 7 heteroatoms. The van der Waals surface area contributed by atoms with Gasteiger partial charge in [0.2, 0.25) is 11.8 Å². The smallest absolute Gasteiger partial charge is 0.228 e. The number of piperidine rings is 1. The minimum atomic E-state index is 0.249. The third-order valence-electron chi connectivity index (χ3n) is 9.37. The van der Waals surface area contributed by atoms with Gasteiger partial charge in [-0.3, -0.25) is 4.79 Å². The van der Waals surface area contributed by atoms with Crippen molar-refractivity contribution in [2.75, 3.05) is 18.4 Å². The minimum absolute atomic E-state index is 0.249. The van der Waals surface area contributed by atoms with E-state index in [0.717, 1.165) is 71.3 Å². The Balaban J connectivity index is 1.17. The van der Waals surface area contributed by atoms with Crippen LogP contribution in [0.4, 0.5) is 5.95 Å². The molecule has 3 aliphatic rings. The van der Waals surface area contributed by atoms with Crippen LogP contribution in [0, 0.1) is 18.3 Å². The molecule has 1 spiro atoms. The first-order chi connectivity index (χ1) is 20.1. The van der Waals surface area contributed by atoms with Crippen molar-refractivity contribution in [1.29, 1.82) is 0 Å². The fraction of sp³-hybridized carbons (Fsp3) is 0.412. The molecule has 1 saturated heterocycles. The van der Waals surface area contributed by atoms with Crippen molar-refractivity contribution in [3.8, 4) is 22.9 Å².